The standard InChI is InChI=1S/C13H18N2O3/c1-3-15(9(2)16)11-6-4-10(5-7-11)8-12(14)13(17)18/h4-7,12H,3,8,14H2,1-2H3,(H,17,18). The zero-order valence-electron chi connectivity index (χ0n) is 10.6. The zero-order chi connectivity index (χ0) is 13.7. The van der Waals surface area contributed by atoms with E-state index in [0.29, 0.717) is 6.54 Å². The van der Waals surface area contributed by atoms with Gasteiger partial charge in [-0.3, -0.25) is 9.59 Å². The van der Waals surface area contributed by atoms with E-state index in [1.54, 1.807) is 29.2 Å². The van der Waals surface area contributed by atoms with Crippen molar-refractivity contribution in [1.29, 1.82) is 0 Å². The molecule has 0 aliphatic rings. The number of anilines is 1. The first kappa shape index (κ1) is 14.2. The number of aliphatic carboxylic acids is 1. The molecular formula is C13H18N2O3. The topological polar surface area (TPSA) is 83.6 Å². The molecule has 0 spiro atoms. The van der Waals surface area contributed by atoms with Crippen molar-refractivity contribution in [1.82, 2.24) is 0 Å². The Labute approximate surface area is 106 Å². The van der Waals surface area contributed by atoms with Crippen molar-refractivity contribution >= 4 is 17.6 Å². The maximum Gasteiger partial charge on any atom is 0.320 e. The summed E-state index contributed by atoms with van der Waals surface area (Å²) in [6.07, 6.45) is 0.280. The van der Waals surface area contributed by atoms with Crippen LogP contribution in [0.4, 0.5) is 5.69 Å². The highest BCUT2D eigenvalue weighted by atomic mass is 16.4. The van der Waals surface area contributed by atoms with Crippen molar-refractivity contribution in [3.63, 3.8) is 0 Å². The normalized spacial score (nSPS) is 11.9. The summed E-state index contributed by atoms with van der Waals surface area (Å²) < 4.78 is 0. The highest BCUT2D eigenvalue weighted by Gasteiger charge is 2.13. The molecule has 1 aromatic carbocycles. The molecule has 0 heterocycles. The van der Waals surface area contributed by atoms with Gasteiger partial charge >= 0.3 is 5.97 Å². The average Bonchev–Trinajstić information content (AvgIpc) is 2.31. The summed E-state index contributed by atoms with van der Waals surface area (Å²) in [4.78, 5) is 23.6. The fraction of sp³-hybridized carbons (Fsp3) is 0.385. The molecule has 0 saturated heterocycles. The Kier molecular flexibility index (Phi) is 4.85. The molecule has 1 unspecified atom stereocenters. The van der Waals surface area contributed by atoms with Gasteiger partial charge in [-0.15, -0.1) is 0 Å². The zero-order valence-corrected chi connectivity index (χ0v) is 10.6. The van der Waals surface area contributed by atoms with E-state index in [0.717, 1.165) is 11.3 Å². The number of benzene rings is 1. The summed E-state index contributed by atoms with van der Waals surface area (Å²) in [5.74, 6) is -1.04. The Bertz CT molecular complexity index is 428. The van der Waals surface area contributed by atoms with Gasteiger partial charge in [-0.2, -0.15) is 0 Å². The maximum atomic E-state index is 11.4. The van der Waals surface area contributed by atoms with E-state index in [-0.39, 0.29) is 12.3 Å². The van der Waals surface area contributed by atoms with Gasteiger partial charge in [-0.1, -0.05) is 12.1 Å². The highest BCUT2D eigenvalue weighted by molar-refractivity contribution is 5.91. The number of hydrogen-bond acceptors (Lipinski definition) is 3. The van der Waals surface area contributed by atoms with Crippen LogP contribution in [0.15, 0.2) is 24.3 Å². The third-order valence-corrected chi connectivity index (χ3v) is 2.72. The third-order valence-electron chi connectivity index (χ3n) is 2.72. The number of carbonyl (C=O) groups is 2. The molecule has 1 atom stereocenters. The van der Waals surface area contributed by atoms with Crippen molar-refractivity contribution in [2.75, 3.05) is 11.4 Å². The Morgan fingerprint density at radius 3 is 2.28 bits per heavy atom. The summed E-state index contributed by atoms with van der Waals surface area (Å²) in [5, 5.41) is 8.72. The fourth-order valence-electron chi connectivity index (χ4n) is 1.74. The summed E-state index contributed by atoms with van der Waals surface area (Å²) in [6.45, 7) is 4.01. The molecule has 5 heteroatoms. The van der Waals surface area contributed by atoms with Crippen LogP contribution >= 0.6 is 0 Å². The Morgan fingerprint density at radius 1 is 1.33 bits per heavy atom. The number of amides is 1. The van der Waals surface area contributed by atoms with Crippen LogP contribution in [0.3, 0.4) is 0 Å². The first-order valence-electron chi connectivity index (χ1n) is 5.81. The number of carboxylic acids is 1. The molecule has 18 heavy (non-hydrogen) atoms. The predicted molar refractivity (Wildman–Crippen MR) is 69.5 cm³/mol. The predicted octanol–water partition coefficient (Wildman–Crippen LogP) is 1.01. The second-order valence-electron chi connectivity index (χ2n) is 4.08. The van der Waals surface area contributed by atoms with Crippen molar-refractivity contribution in [3.8, 4) is 0 Å². The van der Waals surface area contributed by atoms with E-state index < -0.39 is 12.0 Å². The SMILES string of the molecule is CCN(C(C)=O)c1ccc(CC(N)C(=O)O)cc1. The quantitative estimate of drug-likeness (QED) is 0.817. The van der Waals surface area contributed by atoms with Crippen LogP contribution in [0.25, 0.3) is 0 Å². The first-order valence-corrected chi connectivity index (χ1v) is 5.81. The molecule has 1 aromatic rings. The van der Waals surface area contributed by atoms with Crippen LogP contribution in [-0.4, -0.2) is 29.6 Å². The molecule has 1 rings (SSSR count). The van der Waals surface area contributed by atoms with Crippen LogP contribution in [-0.2, 0) is 16.0 Å². The molecule has 0 saturated carbocycles. The second-order valence-corrected chi connectivity index (χ2v) is 4.08. The van der Waals surface area contributed by atoms with E-state index in [4.69, 9.17) is 10.8 Å². The second kappa shape index (κ2) is 6.16. The first-order chi connectivity index (χ1) is 8.45. The van der Waals surface area contributed by atoms with Crippen molar-refractivity contribution in [2.24, 2.45) is 5.73 Å². The lowest BCUT2D eigenvalue weighted by molar-refractivity contribution is -0.138. The van der Waals surface area contributed by atoms with E-state index in [1.165, 1.54) is 6.92 Å². The third kappa shape index (κ3) is 3.56. The molecule has 0 aliphatic carbocycles. The molecule has 98 valence electrons. The Hall–Kier alpha value is -1.88. The highest BCUT2D eigenvalue weighted by Crippen LogP contribution is 2.16. The van der Waals surface area contributed by atoms with E-state index in [9.17, 15) is 9.59 Å². The van der Waals surface area contributed by atoms with Gasteiger partial charge in [-0.25, -0.2) is 0 Å². The van der Waals surface area contributed by atoms with E-state index in [1.807, 2.05) is 6.92 Å². The smallest absolute Gasteiger partial charge is 0.320 e. The number of carboxylic acid groups (broad SMARTS) is 1. The maximum absolute atomic E-state index is 11.4. The number of nitrogens with two attached hydrogens (primary N) is 1. The molecular weight excluding hydrogens is 232 g/mol. The van der Waals surface area contributed by atoms with Crippen molar-refractivity contribution in [3.05, 3.63) is 29.8 Å². The number of rotatable bonds is 5. The Balaban J connectivity index is 2.79. The number of nitrogens with zero attached hydrogens (tertiary/aromatic N) is 1. The summed E-state index contributed by atoms with van der Waals surface area (Å²) in [7, 11) is 0. The van der Waals surface area contributed by atoms with E-state index >= 15 is 0 Å². The molecule has 0 bridgehead atoms. The summed E-state index contributed by atoms with van der Waals surface area (Å²) >= 11 is 0. The lowest BCUT2D eigenvalue weighted by atomic mass is 10.1. The molecule has 3 N–H and O–H groups in total. The van der Waals surface area contributed by atoms with Crippen LogP contribution in [0.2, 0.25) is 0 Å². The van der Waals surface area contributed by atoms with Crippen LogP contribution in [0.5, 0.6) is 0 Å². The van der Waals surface area contributed by atoms with Gasteiger partial charge in [0.2, 0.25) is 5.91 Å². The van der Waals surface area contributed by atoms with Gasteiger partial charge in [0.05, 0.1) is 0 Å². The van der Waals surface area contributed by atoms with Crippen LogP contribution < -0.4 is 10.6 Å². The van der Waals surface area contributed by atoms with E-state index in [2.05, 4.69) is 0 Å². The molecule has 5 nitrogen and oxygen atoms in total. The summed E-state index contributed by atoms with van der Waals surface area (Å²) in [6, 6.07) is 6.29. The minimum absolute atomic E-state index is 0.0208. The van der Waals surface area contributed by atoms with Gasteiger partial charge in [0.1, 0.15) is 6.04 Å². The van der Waals surface area contributed by atoms with Crippen molar-refractivity contribution in [2.45, 2.75) is 26.3 Å². The molecule has 0 fully saturated rings. The van der Waals surface area contributed by atoms with Crippen LogP contribution in [0.1, 0.15) is 19.4 Å². The van der Waals surface area contributed by atoms with Gasteiger partial charge in [0, 0.05) is 19.2 Å². The summed E-state index contributed by atoms with van der Waals surface area (Å²) in [5.41, 5.74) is 7.10. The monoisotopic (exact) mass is 250 g/mol. The van der Waals surface area contributed by atoms with Gasteiger partial charge < -0.3 is 15.7 Å². The molecule has 0 radical (unpaired) electrons. The number of hydrogen-bond donors (Lipinski definition) is 2. The molecule has 1 amide bonds. The van der Waals surface area contributed by atoms with Crippen molar-refractivity contribution < 1.29 is 14.7 Å². The van der Waals surface area contributed by atoms with Gasteiger partial charge in [0.15, 0.2) is 0 Å². The van der Waals surface area contributed by atoms with Crippen LogP contribution in [0, 0.1) is 0 Å². The lowest BCUT2D eigenvalue weighted by Crippen LogP contribution is -2.32. The minimum Gasteiger partial charge on any atom is -0.480 e. The van der Waals surface area contributed by atoms with Gasteiger partial charge in [-0.05, 0) is 31.0 Å². The lowest BCUT2D eigenvalue weighted by Gasteiger charge is -2.19. The minimum atomic E-state index is -1.02. The Morgan fingerprint density at radius 2 is 1.89 bits per heavy atom. The molecule has 0 aliphatic heterocycles. The molecule has 0 aromatic heterocycles. The largest absolute Gasteiger partial charge is 0.480 e. The fourth-order valence-corrected chi connectivity index (χ4v) is 1.74. The van der Waals surface area contributed by atoms with Gasteiger partial charge in [0.25, 0.3) is 0 Å². The average molecular weight is 250 g/mol. The number of carbonyl (C=O) groups excluding carboxylic acids is 1.